The molecule has 4 heterocycles. The first-order chi connectivity index (χ1) is 17.5. The summed E-state index contributed by atoms with van der Waals surface area (Å²) in [5.74, 6) is -0.191. The van der Waals surface area contributed by atoms with Gasteiger partial charge in [-0.3, -0.25) is 9.69 Å². The van der Waals surface area contributed by atoms with Crippen LogP contribution in [0.2, 0.25) is 0 Å². The number of carbonyl (C=O) groups excluding carboxylic acids is 2. The summed E-state index contributed by atoms with van der Waals surface area (Å²) in [6, 6.07) is 19.3. The van der Waals surface area contributed by atoms with Crippen molar-refractivity contribution in [3.05, 3.63) is 83.1 Å². The number of aromatic nitrogens is 4. The van der Waals surface area contributed by atoms with Gasteiger partial charge in [0.2, 0.25) is 5.16 Å². The molecule has 36 heavy (non-hydrogen) atoms. The Balaban J connectivity index is 1.38. The van der Waals surface area contributed by atoms with Crippen molar-refractivity contribution in [2.24, 2.45) is 7.05 Å². The molecule has 0 radical (unpaired) electrons. The minimum Gasteiger partial charge on any atom is -0.448 e. The molecule has 1 amide bonds. The second-order valence-corrected chi connectivity index (χ2v) is 12.1. The van der Waals surface area contributed by atoms with Crippen LogP contribution < -0.4 is 4.72 Å². The fraction of sp³-hybridized carbons (Fsp3) is 0.292. The molecular weight excluding hydrogens is 517 g/mol. The number of fused-ring (bicyclic) bond motifs is 1. The minimum absolute atomic E-state index is 0.0458. The van der Waals surface area contributed by atoms with Crippen molar-refractivity contribution in [3.8, 4) is 0 Å². The van der Waals surface area contributed by atoms with E-state index in [0.29, 0.717) is 16.6 Å². The van der Waals surface area contributed by atoms with E-state index in [-0.39, 0.29) is 15.9 Å². The second kappa shape index (κ2) is 9.25. The molecule has 3 atom stereocenters. The number of nitrogens with zero attached hydrogens (tertiary/aromatic N) is 5. The van der Waals surface area contributed by atoms with Crippen LogP contribution in [0.3, 0.4) is 0 Å². The Morgan fingerprint density at radius 3 is 2.44 bits per heavy atom. The number of rotatable bonds is 7. The van der Waals surface area contributed by atoms with Gasteiger partial charge in [0.1, 0.15) is 16.6 Å². The molecule has 1 aromatic heterocycles. The summed E-state index contributed by atoms with van der Waals surface area (Å²) in [4.78, 5) is 28.8. The largest absolute Gasteiger partial charge is 0.448 e. The number of thioether (sulfide) groups is 2. The monoisotopic (exact) mass is 538 g/mol. The van der Waals surface area contributed by atoms with Crippen LogP contribution in [0.15, 0.2) is 77.1 Å². The van der Waals surface area contributed by atoms with E-state index >= 15 is 0 Å². The van der Waals surface area contributed by atoms with Crippen LogP contribution in [0.5, 0.6) is 0 Å². The van der Waals surface area contributed by atoms with Gasteiger partial charge < -0.3 is 4.74 Å². The molecule has 6 rings (SSSR count). The van der Waals surface area contributed by atoms with Crippen molar-refractivity contribution in [2.75, 3.05) is 5.75 Å². The number of amides is 1. The summed E-state index contributed by atoms with van der Waals surface area (Å²) in [6.45, 7) is 1.89. The average Bonchev–Trinajstić information content (AvgIpc) is 3.33. The molecule has 2 aromatic carbocycles. The van der Waals surface area contributed by atoms with E-state index in [1.807, 2.05) is 67.6 Å². The molecule has 2 saturated heterocycles. The van der Waals surface area contributed by atoms with E-state index in [1.165, 1.54) is 23.7 Å². The Morgan fingerprint density at radius 1 is 1.17 bits per heavy atom. The minimum atomic E-state index is -0.707. The lowest BCUT2D eigenvalue weighted by atomic mass is 9.89. The molecule has 1 N–H and O–H groups in total. The number of tetrazole rings is 1. The van der Waals surface area contributed by atoms with Gasteiger partial charge in [-0.25, -0.2) is 14.2 Å². The normalized spacial score (nSPS) is 24.6. The number of carbonyl (C=O) groups is 2. The fourth-order valence-electron chi connectivity index (χ4n) is 4.50. The maximum atomic E-state index is 13.9. The topological polar surface area (TPSA) is 102 Å². The molecule has 0 saturated carbocycles. The average molecular weight is 539 g/mol. The zero-order valence-electron chi connectivity index (χ0n) is 19.4. The van der Waals surface area contributed by atoms with Crippen molar-refractivity contribution in [1.82, 2.24) is 29.8 Å². The van der Waals surface area contributed by atoms with Crippen LogP contribution in [0.1, 0.15) is 24.2 Å². The zero-order chi connectivity index (χ0) is 24.9. The molecule has 0 spiro atoms. The molecule has 0 aliphatic carbocycles. The zero-order valence-corrected chi connectivity index (χ0v) is 21.8. The van der Waals surface area contributed by atoms with Crippen molar-refractivity contribution < 1.29 is 14.3 Å². The Kier molecular flexibility index (Phi) is 6.06. The number of esters is 1. The maximum Gasteiger partial charge on any atom is 0.356 e. The highest BCUT2D eigenvalue weighted by molar-refractivity contribution is 8.17. The number of nitrogens with one attached hydrogen (secondary N) is 1. The summed E-state index contributed by atoms with van der Waals surface area (Å²) < 4.78 is 11.1. The number of aryl methyl sites for hydroxylation is 1. The van der Waals surface area contributed by atoms with Gasteiger partial charge in [-0.2, -0.15) is 0 Å². The van der Waals surface area contributed by atoms with E-state index in [9.17, 15) is 9.59 Å². The van der Waals surface area contributed by atoms with Crippen LogP contribution in [0.25, 0.3) is 0 Å². The summed E-state index contributed by atoms with van der Waals surface area (Å²) in [7, 11) is 1.77. The lowest BCUT2D eigenvalue weighted by Crippen LogP contribution is -2.79. The van der Waals surface area contributed by atoms with Gasteiger partial charge in [-0.05, 0) is 34.1 Å². The van der Waals surface area contributed by atoms with Crippen molar-refractivity contribution >= 4 is 47.3 Å². The smallest absolute Gasteiger partial charge is 0.356 e. The Hall–Kier alpha value is -2.80. The maximum absolute atomic E-state index is 13.9. The van der Waals surface area contributed by atoms with E-state index in [1.54, 1.807) is 28.4 Å². The summed E-state index contributed by atoms with van der Waals surface area (Å²) in [5, 5.41) is 12.1. The predicted molar refractivity (Wildman–Crippen MR) is 139 cm³/mol. The van der Waals surface area contributed by atoms with E-state index in [4.69, 9.17) is 4.74 Å². The van der Waals surface area contributed by atoms with Crippen LogP contribution in [0.4, 0.5) is 0 Å². The van der Waals surface area contributed by atoms with Gasteiger partial charge in [-0.1, -0.05) is 84.4 Å². The molecule has 3 aliphatic rings. The molecule has 2 bridgehead atoms. The van der Waals surface area contributed by atoms with Crippen molar-refractivity contribution in [1.29, 1.82) is 0 Å². The predicted octanol–water partition coefficient (Wildman–Crippen LogP) is 3.14. The van der Waals surface area contributed by atoms with Gasteiger partial charge >= 0.3 is 5.97 Å². The first-order valence-corrected chi connectivity index (χ1v) is 14.1. The number of β-lactam (4-membered cyclic amide) rings is 1. The molecule has 184 valence electrons. The summed E-state index contributed by atoms with van der Waals surface area (Å²) >= 11 is 4.59. The highest BCUT2D eigenvalue weighted by Gasteiger charge is 2.66. The Labute approximate surface area is 220 Å². The van der Waals surface area contributed by atoms with Gasteiger partial charge in [0.05, 0.1) is 4.58 Å². The van der Waals surface area contributed by atoms with Crippen LogP contribution >= 0.6 is 35.5 Å². The SMILES string of the molecule is Cn1nnnc1SCC1=C(C(=O)OC(c2ccccc2)c2ccccc2)N2C(=O)C3(C)NSC1S[C@H]23. The highest BCUT2D eigenvalue weighted by Crippen LogP contribution is 2.56. The second-order valence-electron chi connectivity index (χ2n) is 8.77. The molecule has 2 unspecified atom stereocenters. The third-order valence-electron chi connectivity index (χ3n) is 6.41. The lowest BCUT2D eigenvalue weighted by molar-refractivity contribution is -0.158. The number of hydrogen-bond acceptors (Lipinski definition) is 10. The first kappa shape index (κ1) is 23.6. The highest BCUT2D eigenvalue weighted by atomic mass is 32.2. The Bertz CT molecular complexity index is 1310. The molecule has 2 fully saturated rings. The van der Waals surface area contributed by atoms with Gasteiger partial charge in [0, 0.05) is 12.8 Å². The summed E-state index contributed by atoms with van der Waals surface area (Å²) in [6.07, 6.45) is -0.604. The molecule has 12 heteroatoms. The third kappa shape index (κ3) is 3.83. The fourth-order valence-corrected chi connectivity index (χ4v) is 8.61. The van der Waals surface area contributed by atoms with Crippen LogP contribution in [-0.2, 0) is 21.4 Å². The van der Waals surface area contributed by atoms with E-state index in [2.05, 4.69) is 20.2 Å². The number of benzene rings is 2. The third-order valence-corrected chi connectivity index (χ3v) is 10.6. The Morgan fingerprint density at radius 2 is 1.83 bits per heavy atom. The van der Waals surface area contributed by atoms with Gasteiger partial charge in [0.15, 0.2) is 6.10 Å². The van der Waals surface area contributed by atoms with Crippen LogP contribution in [-0.4, -0.2) is 58.2 Å². The molecule has 9 nitrogen and oxygen atoms in total. The standard InChI is InChI=1S/C24H22N6O3S3/c1-24-21(32)30-17(16(20(36-26-24)35-22(24)30)13-34-23-25-27-28-29(23)2)19(31)33-18(14-9-5-3-6-10-14)15-11-7-4-8-12-15/h3-12,18,20,22,26H,13H2,1-2H3/t20?,22-,24?/m0/s1. The lowest BCUT2D eigenvalue weighted by Gasteiger charge is -2.60. The first-order valence-electron chi connectivity index (χ1n) is 11.3. The van der Waals surface area contributed by atoms with E-state index < -0.39 is 17.6 Å². The molecule has 3 aliphatic heterocycles. The number of ether oxygens (including phenoxy) is 1. The van der Waals surface area contributed by atoms with Crippen LogP contribution in [0, 0.1) is 0 Å². The van der Waals surface area contributed by atoms with Gasteiger partial charge in [0.25, 0.3) is 5.91 Å². The molecule has 3 aromatic rings. The van der Waals surface area contributed by atoms with E-state index in [0.717, 1.165) is 16.7 Å². The number of hydrogen-bond donors (Lipinski definition) is 1. The van der Waals surface area contributed by atoms with Crippen molar-refractivity contribution in [3.63, 3.8) is 0 Å². The van der Waals surface area contributed by atoms with Crippen molar-refractivity contribution in [2.45, 2.75) is 33.7 Å². The quantitative estimate of drug-likeness (QED) is 0.209. The van der Waals surface area contributed by atoms with Gasteiger partial charge in [-0.15, -0.1) is 16.9 Å². The summed E-state index contributed by atoms with van der Waals surface area (Å²) in [5.41, 5.74) is 2.17. The molecular formula is C24H22N6O3S3.